The third-order valence-corrected chi connectivity index (χ3v) is 3.31. The van der Waals surface area contributed by atoms with Gasteiger partial charge >= 0.3 is 5.97 Å². The van der Waals surface area contributed by atoms with E-state index in [0.29, 0.717) is 12.8 Å². The Morgan fingerprint density at radius 2 is 2.12 bits per heavy atom. The Morgan fingerprint density at radius 3 is 2.59 bits per heavy atom. The van der Waals surface area contributed by atoms with Crippen LogP contribution in [0.2, 0.25) is 0 Å². The lowest BCUT2D eigenvalue weighted by molar-refractivity contribution is -0.153. The molecule has 2 rings (SSSR count). The van der Waals surface area contributed by atoms with Crippen molar-refractivity contribution in [2.45, 2.75) is 19.3 Å². The van der Waals surface area contributed by atoms with E-state index in [2.05, 4.69) is 5.32 Å². The second-order valence-electron chi connectivity index (χ2n) is 4.42. The average Bonchev–Trinajstić information content (AvgIpc) is 2.18. The van der Waals surface area contributed by atoms with E-state index in [1.54, 1.807) is 0 Å². The van der Waals surface area contributed by atoms with Crippen molar-refractivity contribution in [2.75, 3.05) is 11.9 Å². The van der Waals surface area contributed by atoms with Crippen molar-refractivity contribution in [2.24, 2.45) is 5.41 Å². The number of carboxylic acids is 1. The van der Waals surface area contributed by atoms with Gasteiger partial charge in [0.2, 0.25) is 0 Å². The van der Waals surface area contributed by atoms with Gasteiger partial charge < -0.3 is 10.4 Å². The molecule has 17 heavy (non-hydrogen) atoms. The molecule has 2 N–H and O–H groups in total. The number of hydrogen-bond donors (Lipinski definition) is 2. The molecule has 0 bridgehead atoms. The first-order valence-corrected chi connectivity index (χ1v) is 5.46. The van der Waals surface area contributed by atoms with Crippen LogP contribution in [0.3, 0.4) is 0 Å². The van der Waals surface area contributed by atoms with Crippen molar-refractivity contribution >= 4 is 11.7 Å². The number of aliphatic carboxylic acids is 1. The highest BCUT2D eigenvalue weighted by Gasteiger charge is 2.44. The molecule has 1 aromatic rings. The maximum atomic E-state index is 13.3. The summed E-state index contributed by atoms with van der Waals surface area (Å²) < 4.78 is 26.0. The van der Waals surface area contributed by atoms with Crippen molar-refractivity contribution < 1.29 is 18.7 Å². The topological polar surface area (TPSA) is 49.3 Å². The number of anilines is 1. The molecule has 0 unspecified atom stereocenters. The second kappa shape index (κ2) is 4.31. The molecule has 5 heteroatoms. The normalized spacial score (nSPS) is 17.3. The van der Waals surface area contributed by atoms with Gasteiger partial charge in [-0.3, -0.25) is 4.79 Å². The molecule has 0 spiro atoms. The van der Waals surface area contributed by atoms with E-state index in [0.717, 1.165) is 18.6 Å². The number of halogens is 2. The zero-order valence-corrected chi connectivity index (χ0v) is 9.17. The third kappa shape index (κ3) is 2.23. The van der Waals surface area contributed by atoms with Crippen LogP contribution < -0.4 is 5.32 Å². The van der Waals surface area contributed by atoms with Crippen molar-refractivity contribution in [1.29, 1.82) is 0 Å². The Morgan fingerprint density at radius 1 is 1.41 bits per heavy atom. The van der Waals surface area contributed by atoms with Crippen LogP contribution in [-0.4, -0.2) is 17.6 Å². The fourth-order valence-electron chi connectivity index (χ4n) is 1.97. The van der Waals surface area contributed by atoms with E-state index < -0.39 is 23.0 Å². The summed E-state index contributed by atoms with van der Waals surface area (Å²) in [5, 5.41) is 11.8. The molecule has 0 aliphatic heterocycles. The van der Waals surface area contributed by atoms with Crippen LogP contribution >= 0.6 is 0 Å². The summed E-state index contributed by atoms with van der Waals surface area (Å²) in [6.07, 6.45) is 2.07. The molecule has 0 amide bonds. The van der Waals surface area contributed by atoms with Crippen LogP contribution in [0, 0.1) is 17.0 Å². The molecule has 0 heterocycles. The van der Waals surface area contributed by atoms with E-state index in [4.69, 9.17) is 5.11 Å². The molecule has 3 nitrogen and oxygen atoms in total. The van der Waals surface area contributed by atoms with Gasteiger partial charge in [-0.1, -0.05) is 6.42 Å². The lowest BCUT2D eigenvalue weighted by Crippen LogP contribution is -2.43. The number of nitrogens with one attached hydrogen (secondary N) is 1. The van der Waals surface area contributed by atoms with Crippen LogP contribution in [0.15, 0.2) is 18.2 Å². The summed E-state index contributed by atoms with van der Waals surface area (Å²) in [5.74, 6) is -2.21. The Balaban J connectivity index is 2.04. The number of rotatable bonds is 4. The molecule has 1 aliphatic carbocycles. The van der Waals surface area contributed by atoms with Crippen molar-refractivity contribution in [3.05, 3.63) is 29.8 Å². The minimum Gasteiger partial charge on any atom is -0.481 e. The molecule has 1 saturated carbocycles. The fraction of sp³-hybridized carbons (Fsp3) is 0.417. The Hall–Kier alpha value is -1.65. The molecule has 0 saturated heterocycles. The molecule has 1 fully saturated rings. The molecular formula is C12H13F2NO2. The van der Waals surface area contributed by atoms with Gasteiger partial charge in [-0.2, -0.15) is 0 Å². The molecule has 0 atom stereocenters. The predicted molar refractivity (Wildman–Crippen MR) is 58.8 cm³/mol. The maximum Gasteiger partial charge on any atom is 0.311 e. The molecular weight excluding hydrogens is 228 g/mol. The number of benzene rings is 1. The Kier molecular flexibility index (Phi) is 3.00. The molecule has 0 radical (unpaired) electrons. The summed E-state index contributed by atoms with van der Waals surface area (Å²) in [6.45, 7) is 0.172. The van der Waals surface area contributed by atoms with E-state index in [1.807, 2.05) is 0 Å². The standard InChI is InChI=1S/C12H13F2NO2/c13-8-2-3-10(9(14)6-8)15-7-12(11(16)17)4-1-5-12/h2-3,6,15H,1,4-5,7H2,(H,16,17). The molecule has 1 aliphatic rings. The predicted octanol–water partition coefficient (Wildman–Crippen LogP) is 2.63. The van der Waals surface area contributed by atoms with Crippen LogP contribution in [0.1, 0.15) is 19.3 Å². The number of hydrogen-bond acceptors (Lipinski definition) is 2. The molecule has 1 aromatic carbocycles. The smallest absolute Gasteiger partial charge is 0.311 e. The zero-order chi connectivity index (χ0) is 12.5. The zero-order valence-electron chi connectivity index (χ0n) is 9.17. The largest absolute Gasteiger partial charge is 0.481 e. The van der Waals surface area contributed by atoms with Crippen LogP contribution in [-0.2, 0) is 4.79 Å². The highest BCUT2D eigenvalue weighted by molar-refractivity contribution is 5.76. The van der Waals surface area contributed by atoms with Gasteiger partial charge in [0.1, 0.15) is 11.6 Å². The van der Waals surface area contributed by atoms with Crippen LogP contribution in [0.25, 0.3) is 0 Å². The Labute approximate surface area is 97.5 Å². The summed E-state index contributed by atoms with van der Waals surface area (Å²) in [6, 6.07) is 3.19. The van der Waals surface area contributed by atoms with Gasteiger partial charge in [0.15, 0.2) is 0 Å². The Bertz CT molecular complexity index is 444. The van der Waals surface area contributed by atoms with E-state index in [-0.39, 0.29) is 12.2 Å². The maximum absolute atomic E-state index is 13.3. The molecule has 0 aromatic heterocycles. The summed E-state index contributed by atoms with van der Waals surface area (Å²) in [5.41, 5.74) is -0.653. The third-order valence-electron chi connectivity index (χ3n) is 3.31. The lowest BCUT2D eigenvalue weighted by atomic mass is 9.69. The van der Waals surface area contributed by atoms with Gasteiger partial charge in [-0.15, -0.1) is 0 Å². The van der Waals surface area contributed by atoms with Crippen LogP contribution in [0.5, 0.6) is 0 Å². The van der Waals surface area contributed by atoms with Gasteiger partial charge in [-0.25, -0.2) is 8.78 Å². The van der Waals surface area contributed by atoms with Gasteiger partial charge in [-0.05, 0) is 25.0 Å². The first-order chi connectivity index (χ1) is 8.03. The quantitative estimate of drug-likeness (QED) is 0.851. The number of carboxylic acid groups (broad SMARTS) is 1. The molecule has 92 valence electrons. The minimum absolute atomic E-state index is 0.138. The van der Waals surface area contributed by atoms with Gasteiger partial charge in [0, 0.05) is 12.6 Å². The second-order valence-corrected chi connectivity index (χ2v) is 4.42. The monoisotopic (exact) mass is 241 g/mol. The SMILES string of the molecule is O=C(O)C1(CNc2ccc(F)cc2F)CCC1. The van der Waals surface area contributed by atoms with E-state index in [1.165, 1.54) is 6.07 Å². The van der Waals surface area contributed by atoms with E-state index >= 15 is 0 Å². The minimum atomic E-state index is -0.862. The van der Waals surface area contributed by atoms with Crippen molar-refractivity contribution in [1.82, 2.24) is 0 Å². The lowest BCUT2D eigenvalue weighted by Gasteiger charge is -2.37. The van der Waals surface area contributed by atoms with Crippen LogP contribution in [0.4, 0.5) is 14.5 Å². The first-order valence-electron chi connectivity index (χ1n) is 5.46. The summed E-state index contributed by atoms with van der Waals surface area (Å²) >= 11 is 0. The highest BCUT2D eigenvalue weighted by atomic mass is 19.1. The summed E-state index contributed by atoms with van der Waals surface area (Å²) in [4.78, 5) is 11.1. The van der Waals surface area contributed by atoms with Crippen molar-refractivity contribution in [3.8, 4) is 0 Å². The number of carbonyl (C=O) groups is 1. The van der Waals surface area contributed by atoms with Gasteiger partial charge in [0.05, 0.1) is 11.1 Å². The fourth-order valence-corrected chi connectivity index (χ4v) is 1.97. The highest BCUT2D eigenvalue weighted by Crippen LogP contribution is 2.41. The average molecular weight is 241 g/mol. The first kappa shape index (κ1) is 11.8. The van der Waals surface area contributed by atoms with Crippen molar-refractivity contribution in [3.63, 3.8) is 0 Å². The van der Waals surface area contributed by atoms with Gasteiger partial charge in [0.25, 0.3) is 0 Å². The van der Waals surface area contributed by atoms with E-state index in [9.17, 15) is 13.6 Å². The summed E-state index contributed by atoms with van der Waals surface area (Å²) in [7, 11) is 0.